The summed E-state index contributed by atoms with van der Waals surface area (Å²) in [6.07, 6.45) is 0.201. The third-order valence-corrected chi connectivity index (χ3v) is 9.69. The van der Waals surface area contributed by atoms with Crippen LogP contribution in [0.3, 0.4) is 0 Å². The highest BCUT2D eigenvalue weighted by Gasteiger charge is 2.34. The van der Waals surface area contributed by atoms with Crippen molar-refractivity contribution in [3.63, 3.8) is 0 Å². The molecule has 1 unspecified atom stereocenters. The number of amides is 2. The number of benzene rings is 4. The molecule has 2 amide bonds. The first-order valence-corrected chi connectivity index (χ1v) is 16.2. The Kier molecular flexibility index (Phi) is 10.9. The van der Waals surface area contributed by atoms with Crippen molar-refractivity contribution < 1.29 is 18.0 Å². The molecule has 11 heteroatoms. The van der Waals surface area contributed by atoms with E-state index in [2.05, 4.69) is 27.9 Å². The van der Waals surface area contributed by atoms with E-state index in [1.54, 1.807) is 60.7 Å². The van der Waals surface area contributed by atoms with E-state index in [1.165, 1.54) is 24.1 Å². The summed E-state index contributed by atoms with van der Waals surface area (Å²) in [4.78, 5) is 29.0. The fourth-order valence-corrected chi connectivity index (χ4v) is 6.67. The highest BCUT2D eigenvalue weighted by atomic mass is 127. The third kappa shape index (κ3) is 7.83. The second-order valence-electron chi connectivity index (χ2n) is 9.38. The highest BCUT2D eigenvalue weighted by molar-refractivity contribution is 14.1. The van der Waals surface area contributed by atoms with Gasteiger partial charge in [-0.15, -0.1) is 0 Å². The van der Waals surface area contributed by atoms with Crippen LogP contribution in [-0.4, -0.2) is 44.8 Å². The molecule has 0 saturated heterocycles. The predicted molar refractivity (Wildman–Crippen MR) is 175 cm³/mol. The molecular formula is C31H28Cl2IN3O4S. The van der Waals surface area contributed by atoms with Gasteiger partial charge in [0.1, 0.15) is 12.6 Å². The molecule has 0 aliphatic carbocycles. The number of nitrogens with one attached hydrogen (secondary N) is 1. The summed E-state index contributed by atoms with van der Waals surface area (Å²) in [5.74, 6) is -0.979. The zero-order valence-corrected chi connectivity index (χ0v) is 27.1. The van der Waals surface area contributed by atoms with E-state index in [0.29, 0.717) is 21.3 Å². The minimum atomic E-state index is -4.15. The average Bonchev–Trinajstić information content (AvgIpc) is 2.99. The molecule has 0 fully saturated rings. The number of likely N-dealkylation sites (N-methyl/N-ethyl adjacent to an activating group) is 1. The average molecular weight is 736 g/mol. The van der Waals surface area contributed by atoms with Crippen LogP contribution in [0.4, 0.5) is 5.69 Å². The normalized spacial score (nSPS) is 11.9. The lowest BCUT2D eigenvalue weighted by molar-refractivity contribution is -0.139. The molecule has 0 radical (unpaired) electrons. The van der Waals surface area contributed by atoms with Gasteiger partial charge in [-0.3, -0.25) is 13.9 Å². The second kappa shape index (κ2) is 14.4. The summed E-state index contributed by atoms with van der Waals surface area (Å²) < 4.78 is 29.8. The fourth-order valence-electron chi connectivity index (χ4n) is 4.41. The van der Waals surface area contributed by atoms with Gasteiger partial charge in [0.25, 0.3) is 10.0 Å². The van der Waals surface area contributed by atoms with Crippen molar-refractivity contribution in [2.24, 2.45) is 0 Å². The molecule has 4 aromatic carbocycles. The van der Waals surface area contributed by atoms with Crippen LogP contribution in [0.1, 0.15) is 11.1 Å². The van der Waals surface area contributed by atoms with E-state index in [1.807, 2.05) is 30.3 Å². The van der Waals surface area contributed by atoms with Gasteiger partial charge in [-0.25, -0.2) is 8.42 Å². The third-order valence-electron chi connectivity index (χ3n) is 6.60. The van der Waals surface area contributed by atoms with Crippen LogP contribution in [0.2, 0.25) is 10.0 Å². The predicted octanol–water partition coefficient (Wildman–Crippen LogP) is 6.18. The first-order chi connectivity index (χ1) is 20.1. The van der Waals surface area contributed by atoms with Crippen molar-refractivity contribution in [2.45, 2.75) is 23.9 Å². The van der Waals surface area contributed by atoms with E-state index in [9.17, 15) is 18.0 Å². The van der Waals surface area contributed by atoms with Crippen molar-refractivity contribution >= 4 is 73.3 Å². The van der Waals surface area contributed by atoms with Crippen molar-refractivity contribution in [1.29, 1.82) is 0 Å². The Morgan fingerprint density at radius 2 is 1.50 bits per heavy atom. The SMILES string of the molecule is CNC(=O)C(Cc1ccccc1)N(Cc1ccc(Cl)cc1Cl)C(=O)CN(c1ccc(I)cc1)S(=O)(=O)c1ccccc1. The Morgan fingerprint density at radius 3 is 2.10 bits per heavy atom. The van der Waals surface area contributed by atoms with E-state index >= 15 is 0 Å². The molecule has 0 saturated carbocycles. The molecule has 4 aromatic rings. The summed E-state index contributed by atoms with van der Waals surface area (Å²) in [5, 5.41) is 3.40. The van der Waals surface area contributed by atoms with Gasteiger partial charge >= 0.3 is 0 Å². The lowest BCUT2D eigenvalue weighted by atomic mass is 10.0. The van der Waals surface area contributed by atoms with E-state index < -0.39 is 34.4 Å². The van der Waals surface area contributed by atoms with Gasteiger partial charge in [0.2, 0.25) is 11.8 Å². The minimum absolute atomic E-state index is 0.0378. The molecule has 0 aliphatic rings. The van der Waals surface area contributed by atoms with Gasteiger partial charge in [-0.1, -0.05) is 77.8 Å². The summed E-state index contributed by atoms with van der Waals surface area (Å²) in [7, 11) is -2.66. The second-order valence-corrected chi connectivity index (χ2v) is 13.3. The zero-order chi connectivity index (χ0) is 30.3. The number of carbonyl (C=O) groups excluding carboxylic acids is 2. The first-order valence-electron chi connectivity index (χ1n) is 12.9. The number of halogens is 3. The molecule has 0 aromatic heterocycles. The molecule has 218 valence electrons. The van der Waals surface area contributed by atoms with Gasteiger partial charge in [0.15, 0.2) is 0 Å². The molecule has 4 rings (SSSR count). The molecule has 0 aliphatic heterocycles. The maximum atomic E-state index is 14.3. The minimum Gasteiger partial charge on any atom is -0.357 e. The quantitative estimate of drug-likeness (QED) is 0.187. The molecule has 0 bridgehead atoms. The number of hydrogen-bond acceptors (Lipinski definition) is 4. The van der Waals surface area contributed by atoms with Crippen LogP contribution in [0.15, 0.2) is 108 Å². The molecule has 0 heterocycles. The van der Waals surface area contributed by atoms with Crippen LogP contribution in [0.25, 0.3) is 0 Å². The van der Waals surface area contributed by atoms with Crippen molar-refractivity contribution in [2.75, 3.05) is 17.9 Å². The van der Waals surface area contributed by atoms with Crippen LogP contribution in [-0.2, 0) is 32.6 Å². The maximum absolute atomic E-state index is 14.3. The Morgan fingerprint density at radius 1 is 0.881 bits per heavy atom. The van der Waals surface area contributed by atoms with E-state index in [0.717, 1.165) is 13.4 Å². The zero-order valence-electron chi connectivity index (χ0n) is 22.6. The number of anilines is 1. The largest absolute Gasteiger partial charge is 0.357 e. The van der Waals surface area contributed by atoms with Crippen molar-refractivity contribution in [1.82, 2.24) is 10.2 Å². The van der Waals surface area contributed by atoms with Crippen LogP contribution in [0.5, 0.6) is 0 Å². The Balaban J connectivity index is 1.79. The summed E-state index contributed by atoms with van der Waals surface area (Å²) in [6, 6.07) is 28.0. The topological polar surface area (TPSA) is 86.8 Å². The van der Waals surface area contributed by atoms with Gasteiger partial charge < -0.3 is 10.2 Å². The smallest absolute Gasteiger partial charge is 0.264 e. The molecular weight excluding hydrogens is 708 g/mol. The maximum Gasteiger partial charge on any atom is 0.264 e. The Labute approximate surface area is 269 Å². The number of hydrogen-bond donors (Lipinski definition) is 1. The Hall–Kier alpha value is -3.12. The number of nitrogens with zero attached hydrogens (tertiary/aromatic N) is 2. The fraction of sp³-hybridized carbons (Fsp3) is 0.161. The molecule has 7 nitrogen and oxygen atoms in total. The van der Waals surface area contributed by atoms with Crippen molar-refractivity contribution in [3.8, 4) is 0 Å². The van der Waals surface area contributed by atoms with E-state index in [4.69, 9.17) is 23.2 Å². The standard InChI is InChI=1S/C31H28Cl2IN3O4S/c1-35-31(39)29(18-22-8-4-2-5-9-22)36(20-23-12-13-24(32)19-28(23)33)30(38)21-37(26-16-14-25(34)15-17-26)42(40,41)27-10-6-3-7-11-27/h2-17,19,29H,18,20-21H2,1H3,(H,35,39). The van der Waals surface area contributed by atoms with Gasteiger partial charge in [-0.2, -0.15) is 0 Å². The summed E-state index contributed by atoms with van der Waals surface area (Å²) in [6.45, 7) is -0.600. The Bertz CT molecular complexity index is 1640. The molecule has 1 atom stereocenters. The lowest BCUT2D eigenvalue weighted by Gasteiger charge is -2.33. The number of sulfonamides is 1. The van der Waals surface area contributed by atoms with Crippen molar-refractivity contribution in [3.05, 3.63) is 128 Å². The van der Waals surface area contributed by atoms with E-state index in [-0.39, 0.29) is 17.9 Å². The van der Waals surface area contributed by atoms with Gasteiger partial charge in [-0.05, 0) is 82.2 Å². The van der Waals surface area contributed by atoms with Crippen LogP contribution in [0, 0.1) is 3.57 Å². The number of rotatable bonds is 11. The summed E-state index contributed by atoms with van der Waals surface area (Å²) in [5.41, 5.74) is 1.71. The van der Waals surface area contributed by atoms with Crippen LogP contribution >= 0.6 is 45.8 Å². The molecule has 0 spiro atoms. The molecule has 1 N–H and O–H groups in total. The monoisotopic (exact) mass is 735 g/mol. The van der Waals surface area contributed by atoms with Gasteiger partial charge in [0.05, 0.1) is 10.6 Å². The number of carbonyl (C=O) groups is 2. The van der Waals surface area contributed by atoms with Crippen LogP contribution < -0.4 is 9.62 Å². The summed E-state index contributed by atoms with van der Waals surface area (Å²) >= 11 is 14.7. The first kappa shape index (κ1) is 31.8. The van der Waals surface area contributed by atoms with Gasteiger partial charge in [0, 0.05) is 33.6 Å². The molecule has 42 heavy (non-hydrogen) atoms. The highest BCUT2D eigenvalue weighted by Crippen LogP contribution is 2.27. The lowest BCUT2D eigenvalue weighted by Crippen LogP contribution is -2.53.